The third kappa shape index (κ3) is 3.10. The monoisotopic (exact) mass is 320 g/mol. The van der Waals surface area contributed by atoms with E-state index in [0.717, 1.165) is 6.42 Å². The van der Waals surface area contributed by atoms with Gasteiger partial charge < -0.3 is 19.3 Å². The third-order valence-electron chi connectivity index (χ3n) is 4.30. The molecule has 2 aliphatic rings. The summed E-state index contributed by atoms with van der Waals surface area (Å²) < 4.78 is 11.1. The molecule has 1 unspecified atom stereocenters. The highest BCUT2D eigenvalue weighted by Crippen LogP contribution is 2.47. The topological polar surface area (TPSA) is 67.8 Å². The Labute approximate surface area is 136 Å². The molecule has 7 heteroatoms. The van der Waals surface area contributed by atoms with E-state index in [1.54, 1.807) is 30.5 Å². The molecule has 0 bridgehead atoms. The van der Waals surface area contributed by atoms with Gasteiger partial charge in [-0.15, -0.1) is 0 Å². The van der Waals surface area contributed by atoms with Crippen molar-refractivity contribution in [2.45, 2.75) is 44.4 Å². The Hall–Kier alpha value is -1.89. The van der Waals surface area contributed by atoms with Gasteiger partial charge in [-0.3, -0.25) is 0 Å². The van der Waals surface area contributed by atoms with Crippen molar-refractivity contribution in [1.82, 2.24) is 14.9 Å². The van der Waals surface area contributed by atoms with Crippen molar-refractivity contribution in [3.8, 4) is 0 Å². The van der Waals surface area contributed by atoms with Crippen LogP contribution >= 0.6 is 0 Å². The average Bonchev–Trinajstić information content (AvgIpc) is 3.19. The van der Waals surface area contributed by atoms with Crippen LogP contribution < -0.4 is 4.90 Å². The number of piperazine rings is 1. The minimum absolute atomic E-state index is 0.0801. The van der Waals surface area contributed by atoms with Crippen molar-refractivity contribution in [2.75, 3.05) is 31.6 Å². The van der Waals surface area contributed by atoms with Crippen LogP contribution in [0.3, 0.4) is 0 Å². The fourth-order valence-corrected chi connectivity index (χ4v) is 3.17. The van der Waals surface area contributed by atoms with Crippen LogP contribution in [0.15, 0.2) is 18.5 Å². The van der Waals surface area contributed by atoms with E-state index in [-0.39, 0.29) is 17.7 Å². The van der Waals surface area contributed by atoms with Crippen molar-refractivity contribution >= 4 is 12.0 Å². The molecule has 0 aromatic carbocycles. The van der Waals surface area contributed by atoms with Gasteiger partial charge in [0.25, 0.3) is 0 Å². The van der Waals surface area contributed by atoms with Crippen molar-refractivity contribution in [1.29, 1.82) is 0 Å². The summed E-state index contributed by atoms with van der Waals surface area (Å²) in [5.74, 6) is 0.691. The van der Waals surface area contributed by atoms with Gasteiger partial charge in [0.05, 0.1) is 18.2 Å². The fourth-order valence-electron chi connectivity index (χ4n) is 3.17. The Balaban J connectivity index is 1.77. The third-order valence-corrected chi connectivity index (χ3v) is 4.30. The highest BCUT2D eigenvalue weighted by molar-refractivity contribution is 5.69. The maximum atomic E-state index is 12.4. The van der Waals surface area contributed by atoms with Crippen molar-refractivity contribution in [2.24, 2.45) is 0 Å². The summed E-state index contributed by atoms with van der Waals surface area (Å²) in [5, 5.41) is 0. The van der Waals surface area contributed by atoms with Gasteiger partial charge in [0.1, 0.15) is 5.60 Å². The molecule has 1 aliphatic carbocycles. The van der Waals surface area contributed by atoms with Gasteiger partial charge in [0.15, 0.2) is 0 Å². The van der Waals surface area contributed by atoms with Crippen LogP contribution in [0.25, 0.3) is 0 Å². The Bertz CT molecular complexity index is 574. The number of ether oxygens (including phenoxy) is 2. The number of carbonyl (C=O) groups is 1. The van der Waals surface area contributed by atoms with Gasteiger partial charge in [-0.2, -0.15) is 0 Å². The van der Waals surface area contributed by atoms with E-state index in [2.05, 4.69) is 14.9 Å². The maximum absolute atomic E-state index is 12.4. The molecule has 126 valence electrons. The number of amides is 1. The van der Waals surface area contributed by atoms with E-state index in [0.29, 0.717) is 25.6 Å². The number of hydrogen-bond donors (Lipinski definition) is 0. The largest absolute Gasteiger partial charge is 0.444 e. The maximum Gasteiger partial charge on any atom is 0.410 e. The first-order valence-corrected chi connectivity index (χ1v) is 7.91. The van der Waals surface area contributed by atoms with E-state index in [4.69, 9.17) is 9.47 Å². The van der Waals surface area contributed by atoms with E-state index in [1.807, 2.05) is 20.8 Å². The van der Waals surface area contributed by atoms with E-state index < -0.39 is 5.60 Å². The Morgan fingerprint density at radius 2 is 2.00 bits per heavy atom. The summed E-state index contributed by atoms with van der Waals surface area (Å²) in [5.41, 5.74) is -0.737. The molecule has 1 aromatic rings. The quantitative estimate of drug-likeness (QED) is 0.826. The normalized spacial score (nSPS) is 27.2. The van der Waals surface area contributed by atoms with E-state index >= 15 is 0 Å². The highest BCUT2D eigenvalue weighted by atomic mass is 16.6. The molecule has 3 rings (SSSR count). The van der Waals surface area contributed by atoms with Crippen molar-refractivity contribution in [3.63, 3.8) is 0 Å². The summed E-state index contributed by atoms with van der Waals surface area (Å²) in [7, 11) is 1.70. The molecule has 0 radical (unpaired) electrons. The second kappa shape index (κ2) is 5.63. The van der Waals surface area contributed by atoms with Crippen LogP contribution in [0.4, 0.5) is 10.7 Å². The Morgan fingerprint density at radius 3 is 2.57 bits per heavy atom. The molecule has 23 heavy (non-hydrogen) atoms. The molecule has 2 atom stereocenters. The number of anilines is 1. The molecule has 1 saturated heterocycles. The zero-order valence-electron chi connectivity index (χ0n) is 14.2. The van der Waals surface area contributed by atoms with Gasteiger partial charge in [-0.25, -0.2) is 14.8 Å². The van der Waals surface area contributed by atoms with Crippen molar-refractivity contribution < 1.29 is 14.3 Å². The zero-order valence-corrected chi connectivity index (χ0v) is 14.2. The van der Waals surface area contributed by atoms with Gasteiger partial charge in [0.2, 0.25) is 5.95 Å². The zero-order chi connectivity index (χ0) is 16.7. The minimum atomic E-state index is -0.492. The molecule has 0 N–H and O–H groups in total. The lowest BCUT2D eigenvalue weighted by molar-refractivity contribution is 0.0179. The van der Waals surface area contributed by atoms with Gasteiger partial charge >= 0.3 is 6.09 Å². The molecule has 1 spiro atoms. The van der Waals surface area contributed by atoms with Crippen LogP contribution in [0.2, 0.25) is 0 Å². The Kier molecular flexibility index (Phi) is 3.91. The SMILES string of the molecule is COC1C[C@]12CN(C(=O)OC(C)(C)C)CCN2c1ncccn1. The van der Waals surface area contributed by atoms with Crippen molar-refractivity contribution in [3.05, 3.63) is 18.5 Å². The molecule has 2 fully saturated rings. The van der Waals surface area contributed by atoms with Crippen LogP contribution in [0, 0.1) is 0 Å². The van der Waals surface area contributed by atoms with Crippen LogP contribution in [-0.2, 0) is 9.47 Å². The standard InChI is InChI=1S/C16H24N4O3/c1-15(2,3)23-14(21)19-8-9-20(13-17-6-5-7-18-13)16(11-19)10-12(16)22-4/h5-7,12H,8-11H2,1-4H3/t12?,16-/m0/s1. The summed E-state index contributed by atoms with van der Waals surface area (Å²) in [6.07, 6.45) is 4.14. The first-order chi connectivity index (χ1) is 10.9. The van der Waals surface area contributed by atoms with Gasteiger partial charge in [-0.1, -0.05) is 0 Å². The molecule has 1 aliphatic heterocycles. The molecule has 7 nitrogen and oxygen atoms in total. The number of aromatic nitrogens is 2. The summed E-state index contributed by atoms with van der Waals surface area (Å²) in [4.78, 5) is 25.0. The fraction of sp³-hybridized carbons (Fsp3) is 0.688. The minimum Gasteiger partial charge on any atom is -0.444 e. The van der Waals surface area contributed by atoms with Gasteiger partial charge in [0, 0.05) is 39.0 Å². The number of carbonyl (C=O) groups excluding carboxylic acids is 1. The second-order valence-corrected chi connectivity index (χ2v) is 7.13. The summed E-state index contributed by atoms with van der Waals surface area (Å²) in [6.45, 7) is 7.46. The van der Waals surface area contributed by atoms with Crippen LogP contribution in [0.5, 0.6) is 0 Å². The summed E-state index contributed by atoms with van der Waals surface area (Å²) >= 11 is 0. The molecular weight excluding hydrogens is 296 g/mol. The number of nitrogens with zero attached hydrogens (tertiary/aromatic N) is 4. The molecule has 2 heterocycles. The number of methoxy groups -OCH3 is 1. The first-order valence-electron chi connectivity index (χ1n) is 7.91. The number of rotatable bonds is 2. The molecular formula is C16H24N4O3. The number of hydrogen-bond acceptors (Lipinski definition) is 6. The molecule has 1 saturated carbocycles. The Morgan fingerprint density at radius 1 is 1.30 bits per heavy atom. The lowest BCUT2D eigenvalue weighted by Crippen LogP contribution is -2.59. The predicted octanol–water partition coefficient (Wildman–Crippen LogP) is 1.69. The van der Waals surface area contributed by atoms with E-state index in [9.17, 15) is 4.79 Å². The smallest absolute Gasteiger partial charge is 0.410 e. The van der Waals surface area contributed by atoms with Crippen LogP contribution in [0.1, 0.15) is 27.2 Å². The second-order valence-electron chi connectivity index (χ2n) is 7.13. The van der Waals surface area contributed by atoms with Gasteiger partial charge in [-0.05, 0) is 26.8 Å². The van der Waals surface area contributed by atoms with Crippen LogP contribution in [-0.4, -0.2) is 64.9 Å². The lowest BCUT2D eigenvalue weighted by Gasteiger charge is -2.42. The predicted molar refractivity (Wildman–Crippen MR) is 85.3 cm³/mol. The summed E-state index contributed by atoms with van der Waals surface area (Å²) in [6, 6.07) is 1.80. The molecule has 1 amide bonds. The lowest BCUT2D eigenvalue weighted by atomic mass is 10.1. The van der Waals surface area contributed by atoms with E-state index in [1.165, 1.54) is 0 Å². The molecule has 1 aromatic heterocycles. The highest BCUT2D eigenvalue weighted by Gasteiger charge is 2.62. The average molecular weight is 320 g/mol. The first kappa shape index (κ1) is 16.0.